The van der Waals surface area contributed by atoms with Gasteiger partial charge in [-0.05, 0) is 26.2 Å². The predicted molar refractivity (Wildman–Crippen MR) is 76.1 cm³/mol. The second-order valence-electron chi connectivity index (χ2n) is 4.20. The van der Waals surface area contributed by atoms with E-state index in [4.69, 9.17) is 5.73 Å². The summed E-state index contributed by atoms with van der Waals surface area (Å²) in [4.78, 5) is 2.09. The summed E-state index contributed by atoms with van der Waals surface area (Å²) >= 11 is 0. The van der Waals surface area contributed by atoms with Crippen LogP contribution >= 0.6 is 0 Å². The first kappa shape index (κ1) is 15.7. The van der Waals surface area contributed by atoms with Gasteiger partial charge in [-0.15, -0.1) is 0 Å². The molecule has 1 aromatic rings. The van der Waals surface area contributed by atoms with Gasteiger partial charge in [-0.1, -0.05) is 24.0 Å². The highest BCUT2D eigenvalue weighted by Gasteiger charge is 2.16. The lowest BCUT2D eigenvalue weighted by molar-refractivity contribution is 0.412. The lowest BCUT2D eigenvalue weighted by Crippen LogP contribution is -2.31. The predicted octanol–water partition coefficient (Wildman–Crippen LogP) is -0.163. The summed E-state index contributed by atoms with van der Waals surface area (Å²) in [5.74, 6) is 5.44. The van der Waals surface area contributed by atoms with Crippen LogP contribution in [0, 0.1) is 11.8 Å². The van der Waals surface area contributed by atoms with Crippen molar-refractivity contribution in [2.75, 3.05) is 33.7 Å². The molecule has 0 saturated heterocycles. The van der Waals surface area contributed by atoms with Crippen molar-refractivity contribution < 1.29 is 8.42 Å². The van der Waals surface area contributed by atoms with Gasteiger partial charge < -0.3 is 10.6 Å². The van der Waals surface area contributed by atoms with Crippen molar-refractivity contribution in [1.29, 1.82) is 0 Å². The van der Waals surface area contributed by atoms with Gasteiger partial charge in [-0.3, -0.25) is 0 Å². The monoisotopic (exact) mass is 281 g/mol. The number of hydrogen-bond acceptors (Lipinski definition) is 4. The molecule has 0 radical (unpaired) electrons. The molecule has 0 aliphatic heterocycles. The Kier molecular flexibility index (Phi) is 5.99. The zero-order chi connectivity index (χ0) is 14.3. The molecule has 19 heavy (non-hydrogen) atoms. The van der Waals surface area contributed by atoms with Crippen LogP contribution in [0.3, 0.4) is 0 Å². The van der Waals surface area contributed by atoms with Gasteiger partial charge in [0.2, 0.25) is 10.0 Å². The van der Waals surface area contributed by atoms with Gasteiger partial charge in [0, 0.05) is 18.7 Å². The van der Waals surface area contributed by atoms with Gasteiger partial charge in [0.15, 0.2) is 0 Å². The molecule has 0 atom stereocenters. The minimum atomic E-state index is -3.54. The fraction of sp³-hybridized carbons (Fsp3) is 0.385. The SMILES string of the molecule is CN(C)CCNS(=O)(=O)c1ccccc1C#CCN. The molecule has 0 spiro atoms. The second-order valence-corrected chi connectivity index (χ2v) is 5.94. The van der Waals surface area contributed by atoms with Gasteiger partial charge >= 0.3 is 0 Å². The third kappa shape index (κ3) is 5.01. The lowest BCUT2D eigenvalue weighted by Gasteiger charge is -2.11. The third-order valence-electron chi connectivity index (χ3n) is 2.35. The second kappa shape index (κ2) is 7.26. The van der Waals surface area contributed by atoms with Crippen molar-refractivity contribution in [1.82, 2.24) is 9.62 Å². The zero-order valence-corrected chi connectivity index (χ0v) is 12.0. The molecular weight excluding hydrogens is 262 g/mol. The Bertz CT molecular complexity index is 571. The summed E-state index contributed by atoms with van der Waals surface area (Å²) in [7, 11) is 0.231. The number of likely N-dealkylation sites (N-methyl/N-ethyl adjacent to an activating group) is 1. The smallest absolute Gasteiger partial charge is 0.241 e. The van der Waals surface area contributed by atoms with E-state index in [0.29, 0.717) is 18.7 Å². The van der Waals surface area contributed by atoms with Crippen molar-refractivity contribution >= 4 is 10.0 Å². The molecule has 0 aromatic heterocycles. The molecule has 0 bridgehead atoms. The molecule has 0 amide bonds. The van der Waals surface area contributed by atoms with E-state index in [1.54, 1.807) is 24.3 Å². The summed E-state index contributed by atoms with van der Waals surface area (Å²) < 4.78 is 26.9. The summed E-state index contributed by atoms with van der Waals surface area (Å²) in [5, 5.41) is 0. The molecule has 0 unspecified atom stereocenters. The van der Waals surface area contributed by atoms with E-state index in [0.717, 1.165) is 0 Å². The van der Waals surface area contributed by atoms with Gasteiger partial charge in [0.1, 0.15) is 0 Å². The number of sulfonamides is 1. The number of benzene rings is 1. The quantitative estimate of drug-likeness (QED) is 0.735. The molecular formula is C13H19N3O2S. The molecule has 1 rings (SSSR count). The number of nitrogens with zero attached hydrogens (tertiary/aromatic N) is 1. The summed E-state index contributed by atoms with van der Waals surface area (Å²) in [6, 6.07) is 6.63. The molecule has 0 saturated carbocycles. The Morgan fingerprint density at radius 1 is 1.32 bits per heavy atom. The van der Waals surface area contributed by atoms with E-state index >= 15 is 0 Å². The summed E-state index contributed by atoms with van der Waals surface area (Å²) in [5.41, 5.74) is 5.77. The topological polar surface area (TPSA) is 75.4 Å². The Labute approximate surface area is 114 Å². The maximum absolute atomic E-state index is 12.2. The minimum absolute atomic E-state index is 0.190. The average molecular weight is 281 g/mol. The van der Waals surface area contributed by atoms with Crippen LogP contribution in [0.4, 0.5) is 0 Å². The van der Waals surface area contributed by atoms with Crippen LogP contribution in [0.5, 0.6) is 0 Å². The number of rotatable bonds is 5. The molecule has 0 aliphatic carbocycles. The van der Waals surface area contributed by atoms with Crippen molar-refractivity contribution in [2.24, 2.45) is 5.73 Å². The Morgan fingerprint density at radius 2 is 2.00 bits per heavy atom. The van der Waals surface area contributed by atoms with Crippen LogP contribution in [0.25, 0.3) is 0 Å². The van der Waals surface area contributed by atoms with Gasteiger partial charge in [0.25, 0.3) is 0 Å². The maximum atomic E-state index is 12.2. The highest BCUT2D eigenvalue weighted by Crippen LogP contribution is 2.13. The van der Waals surface area contributed by atoms with Gasteiger partial charge in [-0.2, -0.15) is 0 Å². The van der Waals surface area contributed by atoms with Crippen molar-refractivity contribution in [2.45, 2.75) is 4.90 Å². The van der Waals surface area contributed by atoms with Crippen LogP contribution in [0.15, 0.2) is 29.2 Å². The van der Waals surface area contributed by atoms with Crippen molar-refractivity contribution in [3.63, 3.8) is 0 Å². The molecule has 0 aliphatic rings. The van der Waals surface area contributed by atoms with Crippen LogP contribution in [-0.2, 0) is 10.0 Å². The molecule has 0 fully saturated rings. The fourth-order valence-electron chi connectivity index (χ4n) is 1.43. The number of nitrogens with one attached hydrogen (secondary N) is 1. The Morgan fingerprint density at radius 3 is 2.63 bits per heavy atom. The minimum Gasteiger partial charge on any atom is -0.320 e. The van der Waals surface area contributed by atoms with E-state index in [1.807, 2.05) is 19.0 Å². The molecule has 3 N–H and O–H groups in total. The van der Waals surface area contributed by atoms with E-state index in [-0.39, 0.29) is 11.4 Å². The fourth-order valence-corrected chi connectivity index (χ4v) is 2.61. The first-order chi connectivity index (χ1) is 8.97. The maximum Gasteiger partial charge on any atom is 0.241 e. The van der Waals surface area contributed by atoms with Gasteiger partial charge in [-0.25, -0.2) is 13.1 Å². The van der Waals surface area contributed by atoms with Crippen LogP contribution in [-0.4, -0.2) is 47.0 Å². The first-order valence-electron chi connectivity index (χ1n) is 5.89. The number of hydrogen-bond donors (Lipinski definition) is 2. The average Bonchev–Trinajstić information content (AvgIpc) is 2.36. The molecule has 104 valence electrons. The highest BCUT2D eigenvalue weighted by atomic mass is 32.2. The normalized spacial score (nSPS) is 11.2. The largest absolute Gasteiger partial charge is 0.320 e. The standard InChI is InChI=1S/C13H19N3O2S/c1-16(2)11-10-15-19(17,18)13-8-4-3-6-12(13)7-5-9-14/h3-4,6,8,15H,9-11,14H2,1-2H3. The number of nitrogens with two attached hydrogens (primary N) is 1. The van der Waals surface area contributed by atoms with Crippen molar-refractivity contribution in [3.8, 4) is 11.8 Å². The third-order valence-corrected chi connectivity index (χ3v) is 3.87. The Hall–Kier alpha value is -1.39. The summed E-state index contributed by atoms with van der Waals surface area (Å²) in [6.07, 6.45) is 0. The van der Waals surface area contributed by atoms with E-state index in [1.165, 1.54) is 0 Å². The molecule has 0 heterocycles. The van der Waals surface area contributed by atoms with E-state index in [9.17, 15) is 8.42 Å². The lowest BCUT2D eigenvalue weighted by atomic mass is 10.2. The first-order valence-corrected chi connectivity index (χ1v) is 7.38. The van der Waals surface area contributed by atoms with Crippen LogP contribution < -0.4 is 10.5 Å². The zero-order valence-electron chi connectivity index (χ0n) is 11.2. The Balaban J connectivity index is 2.94. The molecule has 6 heteroatoms. The van der Waals surface area contributed by atoms with E-state index < -0.39 is 10.0 Å². The van der Waals surface area contributed by atoms with Gasteiger partial charge in [0.05, 0.1) is 11.4 Å². The molecule has 1 aromatic carbocycles. The highest BCUT2D eigenvalue weighted by molar-refractivity contribution is 7.89. The van der Waals surface area contributed by atoms with Crippen LogP contribution in [0.1, 0.15) is 5.56 Å². The van der Waals surface area contributed by atoms with E-state index in [2.05, 4.69) is 16.6 Å². The molecule has 5 nitrogen and oxygen atoms in total. The summed E-state index contributed by atoms with van der Waals surface area (Å²) in [6.45, 7) is 1.19. The van der Waals surface area contributed by atoms with Crippen molar-refractivity contribution in [3.05, 3.63) is 29.8 Å². The van der Waals surface area contributed by atoms with Crippen LogP contribution in [0.2, 0.25) is 0 Å².